The first-order valence-corrected chi connectivity index (χ1v) is 7.03. The fraction of sp³-hybridized carbons (Fsp3) is 0.231. The molecule has 0 saturated heterocycles. The molecule has 0 unspecified atom stereocenters. The van der Waals surface area contributed by atoms with Crippen LogP contribution >= 0.6 is 27.3 Å². The number of thiophene rings is 1. The van der Waals surface area contributed by atoms with E-state index in [9.17, 15) is 0 Å². The predicted octanol–water partition coefficient (Wildman–Crippen LogP) is 4.04. The summed E-state index contributed by atoms with van der Waals surface area (Å²) in [5.74, 6) is 0. The van der Waals surface area contributed by atoms with Crippen molar-refractivity contribution in [2.45, 2.75) is 13.5 Å². The van der Waals surface area contributed by atoms with Gasteiger partial charge in [0.25, 0.3) is 0 Å². The zero-order chi connectivity index (χ0) is 12.4. The summed E-state index contributed by atoms with van der Waals surface area (Å²) in [5.41, 5.74) is 9.03. The molecule has 17 heavy (non-hydrogen) atoms. The number of hydrogen-bond acceptors (Lipinski definition) is 3. The van der Waals surface area contributed by atoms with E-state index in [4.69, 9.17) is 5.73 Å². The van der Waals surface area contributed by atoms with Crippen LogP contribution in [0, 0.1) is 6.92 Å². The van der Waals surface area contributed by atoms with Crippen molar-refractivity contribution in [1.29, 1.82) is 0 Å². The highest BCUT2D eigenvalue weighted by Gasteiger charge is 2.05. The number of aryl methyl sites for hydroxylation is 1. The molecule has 2 nitrogen and oxygen atoms in total. The summed E-state index contributed by atoms with van der Waals surface area (Å²) in [6.07, 6.45) is 0. The van der Waals surface area contributed by atoms with Gasteiger partial charge in [0.05, 0.1) is 6.54 Å². The Kier molecular flexibility index (Phi) is 3.74. The van der Waals surface area contributed by atoms with Gasteiger partial charge >= 0.3 is 0 Å². The Morgan fingerprint density at radius 1 is 1.29 bits per heavy atom. The van der Waals surface area contributed by atoms with Gasteiger partial charge in [0.15, 0.2) is 0 Å². The van der Waals surface area contributed by atoms with Gasteiger partial charge < -0.3 is 10.6 Å². The minimum atomic E-state index is 0.819. The smallest absolute Gasteiger partial charge is 0.0519 e. The van der Waals surface area contributed by atoms with Gasteiger partial charge in [-0.3, -0.25) is 0 Å². The maximum absolute atomic E-state index is 5.86. The number of nitrogens with zero attached hydrogens (tertiary/aromatic N) is 1. The largest absolute Gasteiger partial charge is 0.399 e. The number of halogens is 1. The van der Waals surface area contributed by atoms with Crippen LogP contribution in [-0.2, 0) is 6.54 Å². The second kappa shape index (κ2) is 5.10. The molecule has 2 aromatic rings. The monoisotopic (exact) mass is 310 g/mol. The van der Waals surface area contributed by atoms with Crippen LogP contribution in [0.1, 0.15) is 10.4 Å². The van der Waals surface area contributed by atoms with E-state index < -0.39 is 0 Å². The molecule has 2 N–H and O–H groups in total. The summed E-state index contributed by atoms with van der Waals surface area (Å²) in [6.45, 7) is 2.97. The van der Waals surface area contributed by atoms with E-state index in [0.717, 1.165) is 22.4 Å². The molecular weight excluding hydrogens is 296 g/mol. The van der Waals surface area contributed by atoms with Crippen molar-refractivity contribution in [3.05, 3.63) is 44.6 Å². The highest BCUT2D eigenvalue weighted by molar-refractivity contribution is 9.10. The van der Waals surface area contributed by atoms with Crippen molar-refractivity contribution < 1.29 is 0 Å². The lowest BCUT2D eigenvalue weighted by molar-refractivity contribution is 0.939. The second-order valence-electron chi connectivity index (χ2n) is 4.19. The van der Waals surface area contributed by atoms with E-state index in [0.29, 0.717) is 0 Å². The van der Waals surface area contributed by atoms with Crippen LogP contribution in [0.5, 0.6) is 0 Å². The van der Waals surface area contributed by atoms with Crippen molar-refractivity contribution in [3.8, 4) is 0 Å². The van der Waals surface area contributed by atoms with Gasteiger partial charge in [0.1, 0.15) is 0 Å². The molecule has 1 heterocycles. The third kappa shape index (κ3) is 3.23. The van der Waals surface area contributed by atoms with Crippen LogP contribution in [0.4, 0.5) is 11.4 Å². The molecule has 0 bridgehead atoms. The average Bonchev–Trinajstić information content (AvgIpc) is 2.62. The third-order valence-electron chi connectivity index (χ3n) is 2.54. The molecule has 0 fully saturated rings. The fourth-order valence-corrected chi connectivity index (χ4v) is 3.28. The van der Waals surface area contributed by atoms with Crippen molar-refractivity contribution in [1.82, 2.24) is 0 Å². The SMILES string of the molecule is Cc1cc(N)cc(N(C)Cc2cc(Br)cs2)c1. The Morgan fingerprint density at radius 3 is 2.65 bits per heavy atom. The highest BCUT2D eigenvalue weighted by Crippen LogP contribution is 2.25. The molecule has 2 rings (SSSR count). The van der Waals surface area contributed by atoms with Crippen molar-refractivity contribution in [2.24, 2.45) is 0 Å². The summed E-state index contributed by atoms with van der Waals surface area (Å²) in [7, 11) is 2.09. The summed E-state index contributed by atoms with van der Waals surface area (Å²) in [4.78, 5) is 3.54. The van der Waals surface area contributed by atoms with Gasteiger partial charge in [-0.1, -0.05) is 0 Å². The van der Waals surface area contributed by atoms with E-state index in [-0.39, 0.29) is 0 Å². The first-order chi connectivity index (χ1) is 8.04. The molecule has 90 valence electrons. The molecular formula is C13H15BrN2S. The molecule has 0 saturated carbocycles. The minimum absolute atomic E-state index is 0.819. The maximum atomic E-state index is 5.86. The number of anilines is 2. The quantitative estimate of drug-likeness (QED) is 0.867. The lowest BCUT2D eigenvalue weighted by Crippen LogP contribution is -2.15. The average molecular weight is 311 g/mol. The Balaban J connectivity index is 2.16. The molecule has 0 radical (unpaired) electrons. The van der Waals surface area contributed by atoms with E-state index >= 15 is 0 Å². The predicted molar refractivity (Wildman–Crippen MR) is 79.7 cm³/mol. The number of benzene rings is 1. The molecule has 0 aliphatic rings. The van der Waals surface area contributed by atoms with E-state index in [2.05, 4.69) is 52.3 Å². The van der Waals surface area contributed by atoms with Gasteiger partial charge in [0.2, 0.25) is 0 Å². The maximum Gasteiger partial charge on any atom is 0.0519 e. The fourth-order valence-electron chi connectivity index (χ4n) is 1.77. The Morgan fingerprint density at radius 2 is 2.06 bits per heavy atom. The number of nitrogen functional groups attached to an aromatic ring is 1. The highest BCUT2D eigenvalue weighted by atomic mass is 79.9. The number of nitrogens with two attached hydrogens (primary N) is 1. The Labute approximate surface area is 114 Å². The van der Waals surface area contributed by atoms with E-state index in [1.165, 1.54) is 10.4 Å². The first kappa shape index (κ1) is 12.5. The van der Waals surface area contributed by atoms with Crippen LogP contribution in [0.2, 0.25) is 0 Å². The molecule has 1 aromatic heterocycles. The van der Waals surface area contributed by atoms with Crippen LogP contribution in [0.15, 0.2) is 34.1 Å². The van der Waals surface area contributed by atoms with Crippen LogP contribution in [0.25, 0.3) is 0 Å². The van der Waals surface area contributed by atoms with Crippen LogP contribution in [0.3, 0.4) is 0 Å². The summed E-state index contributed by atoms with van der Waals surface area (Å²) < 4.78 is 1.15. The van der Waals surface area contributed by atoms with Crippen molar-refractivity contribution in [2.75, 3.05) is 17.7 Å². The molecule has 0 aliphatic heterocycles. The third-order valence-corrected chi connectivity index (χ3v) is 4.22. The molecule has 0 amide bonds. The lowest BCUT2D eigenvalue weighted by Gasteiger charge is -2.19. The van der Waals surface area contributed by atoms with Gasteiger partial charge in [-0.2, -0.15) is 0 Å². The molecule has 4 heteroatoms. The first-order valence-electron chi connectivity index (χ1n) is 5.36. The summed E-state index contributed by atoms with van der Waals surface area (Å²) in [6, 6.07) is 8.30. The van der Waals surface area contributed by atoms with Crippen LogP contribution in [-0.4, -0.2) is 7.05 Å². The standard InChI is InChI=1S/C13H15BrN2S/c1-9-3-11(15)6-12(4-9)16(2)7-13-5-10(14)8-17-13/h3-6,8H,7,15H2,1-2H3. The lowest BCUT2D eigenvalue weighted by atomic mass is 10.2. The molecule has 1 aromatic carbocycles. The van der Waals surface area contributed by atoms with Crippen molar-refractivity contribution >= 4 is 38.6 Å². The van der Waals surface area contributed by atoms with Gasteiger partial charge in [-0.25, -0.2) is 0 Å². The molecule has 0 spiro atoms. The Bertz CT molecular complexity index is 502. The normalized spacial score (nSPS) is 10.5. The zero-order valence-electron chi connectivity index (χ0n) is 9.90. The van der Waals surface area contributed by atoms with Crippen molar-refractivity contribution in [3.63, 3.8) is 0 Å². The number of hydrogen-bond donors (Lipinski definition) is 1. The molecule has 0 atom stereocenters. The second-order valence-corrected chi connectivity index (χ2v) is 6.10. The van der Waals surface area contributed by atoms with Gasteiger partial charge in [0, 0.05) is 33.2 Å². The minimum Gasteiger partial charge on any atom is -0.399 e. The van der Waals surface area contributed by atoms with E-state index in [1.807, 2.05) is 12.1 Å². The topological polar surface area (TPSA) is 29.3 Å². The van der Waals surface area contributed by atoms with E-state index in [1.54, 1.807) is 11.3 Å². The number of rotatable bonds is 3. The summed E-state index contributed by atoms with van der Waals surface area (Å²) >= 11 is 5.23. The van der Waals surface area contributed by atoms with Gasteiger partial charge in [-0.05, 0) is 52.7 Å². The van der Waals surface area contributed by atoms with Crippen LogP contribution < -0.4 is 10.6 Å². The van der Waals surface area contributed by atoms with Gasteiger partial charge in [-0.15, -0.1) is 11.3 Å². The molecule has 0 aliphatic carbocycles. The summed E-state index contributed by atoms with van der Waals surface area (Å²) in [5, 5.41) is 2.10. The Hall–Kier alpha value is -1.000. The zero-order valence-corrected chi connectivity index (χ0v) is 12.3.